The molecule has 2 heterocycles. The Morgan fingerprint density at radius 1 is 1.21 bits per heavy atom. The van der Waals surface area contributed by atoms with Crippen molar-refractivity contribution in [3.8, 4) is 0 Å². The predicted molar refractivity (Wildman–Crippen MR) is 149 cm³/mol. The van der Waals surface area contributed by atoms with Crippen molar-refractivity contribution in [2.24, 2.45) is 0 Å². The Kier molecular flexibility index (Phi) is 11.5. The lowest BCUT2D eigenvalue weighted by Gasteiger charge is -2.28. The van der Waals surface area contributed by atoms with Gasteiger partial charge < -0.3 is 10.4 Å². The smallest absolute Gasteiger partial charge is 0.261 e. The second-order valence-corrected chi connectivity index (χ2v) is 9.77. The first kappa shape index (κ1) is 29.3. The van der Waals surface area contributed by atoms with E-state index in [1.165, 1.54) is 22.7 Å². The molecule has 3 aromatic rings. The summed E-state index contributed by atoms with van der Waals surface area (Å²) < 4.78 is 1.32. The minimum atomic E-state index is -0.540. The van der Waals surface area contributed by atoms with Gasteiger partial charge in [0, 0.05) is 28.1 Å². The van der Waals surface area contributed by atoms with Crippen molar-refractivity contribution in [2.45, 2.75) is 48.6 Å². The van der Waals surface area contributed by atoms with Crippen molar-refractivity contribution < 1.29 is 9.90 Å². The van der Waals surface area contributed by atoms with Crippen LogP contribution < -0.4 is 10.9 Å². The number of nitrogens with one attached hydrogen (secondary N) is 1. The van der Waals surface area contributed by atoms with Crippen LogP contribution in [0.5, 0.6) is 0 Å². The molecule has 1 aliphatic rings. The van der Waals surface area contributed by atoms with Crippen molar-refractivity contribution in [3.05, 3.63) is 68.7 Å². The number of piperidine rings is 1. The number of halogens is 4. The molecule has 4 rings (SSSR count). The molecule has 11 heteroatoms. The average molecular weight is 654 g/mol. The van der Waals surface area contributed by atoms with Crippen molar-refractivity contribution in [1.82, 2.24) is 14.9 Å². The number of nitrogens with zero attached hydrogens (tertiary/aromatic N) is 2. The molecule has 0 spiro atoms. The van der Waals surface area contributed by atoms with E-state index in [0.29, 0.717) is 33.1 Å². The molecule has 184 valence electrons. The van der Waals surface area contributed by atoms with Crippen LogP contribution in [0.1, 0.15) is 24.8 Å². The summed E-state index contributed by atoms with van der Waals surface area (Å²) in [7, 11) is 0. The molecule has 2 N–H and O–H groups in total. The van der Waals surface area contributed by atoms with Crippen LogP contribution in [0.4, 0.5) is 0 Å². The summed E-state index contributed by atoms with van der Waals surface area (Å²) in [5, 5.41) is 14.9. The Morgan fingerprint density at radius 2 is 1.94 bits per heavy atom. The fourth-order valence-corrected chi connectivity index (χ4v) is 5.13. The number of carbonyl (C=O) groups is 1. The molecule has 6 nitrogen and oxygen atoms in total. The Hall–Kier alpha value is -0.940. The minimum Gasteiger partial charge on any atom is -0.391 e. The van der Waals surface area contributed by atoms with E-state index in [-0.39, 0.29) is 64.3 Å². The molecule has 0 bridgehead atoms. The normalized spacial score (nSPS) is 17.6. The maximum Gasteiger partial charge on any atom is 0.261 e. The number of benzene rings is 2. The first-order chi connectivity index (χ1) is 15.4. The minimum absolute atomic E-state index is 0. The first-order valence-corrected chi connectivity index (χ1v) is 12.1. The fraction of sp³-hybridized carbons (Fsp3) is 0.348. The zero-order chi connectivity index (χ0) is 22.7. The van der Waals surface area contributed by atoms with E-state index < -0.39 is 6.10 Å². The molecule has 1 saturated heterocycles. The van der Waals surface area contributed by atoms with Gasteiger partial charge in [0.2, 0.25) is 0 Å². The number of thioether (sulfide) groups is 1. The summed E-state index contributed by atoms with van der Waals surface area (Å²) in [6.07, 6.45) is 2.58. The quantitative estimate of drug-likeness (QED) is 0.340. The lowest BCUT2D eigenvalue weighted by Crippen LogP contribution is -2.46. The Labute approximate surface area is 233 Å². The third kappa shape index (κ3) is 7.29. The van der Waals surface area contributed by atoms with Gasteiger partial charge in [-0.3, -0.25) is 14.2 Å². The number of aliphatic hydroxyl groups excluding tert-OH is 1. The van der Waals surface area contributed by atoms with Crippen LogP contribution in [0.3, 0.4) is 0 Å². The molecular formula is C23H25Br2Cl2N3O3S. The number of rotatable bonds is 7. The van der Waals surface area contributed by atoms with Gasteiger partial charge >= 0.3 is 0 Å². The van der Waals surface area contributed by atoms with Crippen molar-refractivity contribution in [2.75, 3.05) is 6.54 Å². The van der Waals surface area contributed by atoms with E-state index in [1.54, 1.807) is 12.1 Å². The van der Waals surface area contributed by atoms with Crippen molar-refractivity contribution in [3.63, 3.8) is 0 Å². The van der Waals surface area contributed by atoms with Crippen LogP contribution in [-0.4, -0.2) is 39.1 Å². The van der Waals surface area contributed by atoms with Crippen LogP contribution in [0.15, 0.2) is 52.4 Å². The molecule has 2 atom stereocenters. The van der Waals surface area contributed by atoms with Gasteiger partial charge in [-0.25, -0.2) is 4.98 Å². The van der Waals surface area contributed by atoms with Crippen LogP contribution in [0, 0.1) is 0 Å². The Morgan fingerprint density at radius 3 is 2.65 bits per heavy atom. The molecule has 0 saturated carbocycles. The number of hydrogen-bond acceptors (Lipinski definition) is 6. The maximum absolute atomic E-state index is 13.0. The summed E-state index contributed by atoms with van der Waals surface area (Å²) >= 11 is 13.9. The standard InChI is InChI=1S/C23H23Cl2N3O3S.2BrH/c24-15-5-3-14(4-6-15)12-32-22-9-17-19(10-18(22)25)27-13-28(23(17)31)11-16(29)8-20-21(30)2-1-7-26-20;;/h3-6,9-10,13,20-21,26,30H,1-2,7-8,11-12H2;2*1H/t20-,21+;;/m1../s1. The lowest BCUT2D eigenvalue weighted by molar-refractivity contribution is -0.121. The maximum atomic E-state index is 13.0. The third-order valence-corrected chi connectivity index (χ3v) is 7.33. The van der Waals surface area contributed by atoms with Crippen molar-refractivity contribution >= 4 is 85.6 Å². The average Bonchev–Trinajstić information content (AvgIpc) is 2.77. The van der Waals surface area contributed by atoms with E-state index in [9.17, 15) is 14.7 Å². The highest BCUT2D eigenvalue weighted by Crippen LogP contribution is 2.32. The summed E-state index contributed by atoms with van der Waals surface area (Å²) in [5.41, 5.74) is 1.29. The van der Waals surface area contributed by atoms with Gasteiger partial charge in [-0.2, -0.15) is 0 Å². The van der Waals surface area contributed by atoms with Crippen LogP contribution in [0.25, 0.3) is 10.9 Å². The summed E-state index contributed by atoms with van der Waals surface area (Å²) in [6.45, 7) is 0.701. The highest BCUT2D eigenvalue weighted by atomic mass is 79.9. The van der Waals surface area contributed by atoms with Gasteiger partial charge in [-0.1, -0.05) is 35.3 Å². The molecule has 0 aliphatic carbocycles. The van der Waals surface area contributed by atoms with Crippen LogP contribution >= 0.6 is 68.9 Å². The SMILES string of the molecule is Br.Br.O=C(C[C@H]1NCCC[C@@H]1O)Cn1cnc2cc(Cl)c(SCc3ccc(Cl)cc3)cc2c1=O. The first-order valence-electron chi connectivity index (χ1n) is 10.4. The number of aromatic nitrogens is 2. The summed E-state index contributed by atoms with van der Waals surface area (Å²) in [4.78, 5) is 30.7. The molecule has 0 amide bonds. The molecule has 1 fully saturated rings. The van der Waals surface area contributed by atoms with E-state index in [4.69, 9.17) is 23.2 Å². The molecule has 0 radical (unpaired) electrons. The van der Waals surface area contributed by atoms with Crippen LogP contribution in [0.2, 0.25) is 10.0 Å². The second-order valence-electron chi connectivity index (χ2n) is 7.91. The van der Waals surface area contributed by atoms with Gasteiger partial charge in [-0.15, -0.1) is 45.7 Å². The second kappa shape index (κ2) is 13.4. The zero-order valence-corrected chi connectivity index (χ0v) is 23.8. The highest BCUT2D eigenvalue weighted by molar-refractivity contribution is 8.93. The number of ketones is 1. The fourth-order valence-electron chi connectivity index (χ4n) is 3.77. The third-order valence-electron chi connectivity index (χ3n) is 5.53. The van der Waals surface area contributed by atoms with E-state index in [0.717, 1.165) is 23.4 Å². The van der Waals surface area contributed by atoms with E-state index in [1.807, 2.05) is 24.3 Å². The number of aliphatic hydroxyl groups is 1. The molecule has 2 aromatic carbocycles. The van der Waals surface area contributed by atoms with E-state index >= 15 is 0 Å². The number of Topliss-reactive ketones (excluding diaryl/α,β-unsaturated/α-hetero) is 1. The van der Waals surface area contributed by atoms with Gasteiger partial charge in [0.25, 0.3) is 5.56 Å². The largest absolute Gasteiger partial charge is 0.391 e. The van der Waals surface area contributed by atoms with Gasteiger partial charge in [-0.05, 0) is 49.2 Å². The molecule has 0 unspecified atom stereocenters. The van der Waals surface area contributed by atoms with Gasteiger partial charge in [0.05, 0.1) is 34.9 Å². The predicted octanol–water partition coefficient (Wildman–Crippen LogP) is 5.22. The Bertz CT molecular complexity index is 1190. The molecule has 1 aromatic heterocycles. The van der Waals surface area contributed by atoms with Gasteiger partial charge in [0.15, 0.2) is 5.78 Å². The van der Waals surface area contributed by atoms with Crippen molar-refractivity contribution in [1.29, 1.82) is 0 Å². The summed E-state index contributed by atoms with van der Waals surface area (Å²) in [6, 6.07) is 10.7. The molecule has 1 aliphatic heterocycles. The topological polar surface area (TPSA) is 84.2 Å². The zero-order valence-electron chi connectivity index (χ0n) is 18.1. The Balaban J connectivity index is 0.00000204. The molecular weight excluding hydrogens is 629 g/mol. The van der Waals surface area contributed by atoms with Crippen LogP contribution in [-0.2, 0) is 17.1 Å². The number of fused-ring (bicyclic) bond motifs is 1. The molecule has 34 heavy (non-hydrogen) atoms. The number of carbonyl (C=O) groups excluding carboxylic acids is 1. The van der Waals surface area contributed by atoms with Gasteiger partial charge in [0.1, 0.15) is 0 Å². The lowest BCUT2D eigenvalue weighted by atomic mass is 9.97. The monoisotopic (exact) mass is 651 g/mol. The summed E-state index contributed by atoms with van der Waals surface area (Å²) in [5.74, 6) is 0.546. The number of hydrogen-bond donors (Lipinski definition) is 2. The highest BCUT2D eigenvalue weighted by Gasteiger charge is 2.25. The van der Waals surface area contributed by atoms with E-state index in [2.05, 4.69) is 10.3 Å².